The lowest BCUT2D eigenvalue weighted by Crippen LogP contribution is -2.69. The van der Waals surface area contributed by atoms with Crippen molar-refractivity contribution in [2.24, 2.45) is 0 Å². The largest absolute Gasteiger partial charge is 0.487 e. The van der Waals surface area contributed by atoms with Crippen LogP contribution in [0.4, 0.5) is 0 Å². The number of nitrogens with zero attached hydrogens (tertiary/aromatic N) is 5. The third-order valence-corrected chi connectivity index (χ3v) is 40.1. The molecule has 147 heavy (non-hydrogen) atoms. The molecule has 16 aliphatic rings. The van der Waals surface area contributed by atoms with Crippen molar-refractivity contribution in [3.8, 4) is 27.8 Å². The van der Waals surface area contributed by atoms with Gasteiger partial charge in [0.1, 0.15) is 21.4 Å². The summed E-state index contributed by atoms with van der Waals surface area (Å²) in [6.07, 6.45) is 29.8. The molecule has 0 aliphatic heterocycles. The molecule has 0 amide bonds. The number of para-hydroxylation sites is 1. The van der Waals surface area contributed by atoms with Crippen molar-refractivity contribution in [1.82, 2.24) is 25.4 Å². The maximum absolute atomic E-state index is 7.15. The third-order valence-electron chi connectivity index (χ3n) is 38.9. The fourth-order valence-electron chi connectivity index (χ4n) is 36.1. The molecular weight excluding hydrogens is 1800 g/mol. The molecule has 7 nitrogen and oxygen atoms in total. The number of aromatic nitrogens is 5. The molecule has 0 radical (unpaired) electrons. The molecule has 34 rings (SSSR count). The minimum absolute atomic E-state index is 0.0129. The summed E-state index contributed by atoms with van der Waals surface area (Å²) in [6.45, 7) is 0. The lowest BCUT2D eigenvalue weighted by Gasteiger charge is -2.71. The van der Waals surface area contributed by atoms with E-state index >= 15 is 0 Å². The van der Waals surface area contributed by atoms with Crippen molar-refractivity contribution >= 4 is 11.3 Å². The second kappa shape index (κ2) is 35.4. The van der Waals surface area contributed by atoms with Crippen LogP contribution in [-0.4, -0.2) is 31.0 Å². The first-order valence-electron chi connectivity index (χ1n) is 54.2. The average molecular weight is 1930 g/mol. The topological polar surface area (TPSA) is 86.8 Å². The molecule has 16 bridgehead atoms. The molecule has 0 unspecified atom stereocenters. The van der Waals surface area contributed by atoms with E-state index in [0.29, 0.717) is 5.89 Å². The van der Waals surface area contributed by atoms with Crippen LogP contribution in [0.25, 0.3) is 22.0 Å². The van der Waals surface area contributed by atoms with Gasteiger partial charge in [0.15, 0.2) is 0 Å². The molecule has 0 spiro atoms. The van der Waals surface area contributed by atoms with E-state index in [2.05, 4.69) is 460 Å². The number of rotatable bonds is 19. The number of ether oxygens (including phenoxy) is 1. The molecule has 0 saturated heterocycles. The third kappa shape index (κ3) is 15.5. The molecular formula is C139H127N5O2S. The van der Waals surface area contributed by atoms with Crippen LogP contribution < -0.4 is 4.74 Å². The number of benzene rings is 15. The van der Waals surface area contributed by atoms with Crippen molar-refractivity contribution in [3.05, 3.63) is 563 Å². The Bertz CT molecular complexity index is 6750. The Labute approximate surface area is 871 Å². The first-order chi connectivity index (χ1) is 72.1. The highest BCUT2D eigenvalue weighted by Gasteiger charge is 2.76. The highest BCUT2D eigenvalue weighted by molar-refractivity contribution is 7.14. The maximum atomic E-state index is 7.15. The summed E-state index contributed by atoms with van der Waals surface area (Å²) in [5, 5.41) is 21.6. The van der Waals surface area contributed by atoms with Crippen LogP contribution >= 0.6 is 11.3 Å². The lowest BCUT2D eigenvalue weighted by atomic mass is 9.32. The van der Waals surface area contributed by atoms with Gasteiger partial charge < -0.3 is 9.15 Å². The average Bonchev–Trinajstić information content (AvgIpc) is 1.64. The molecule has 16 aliphatic carbocycles. The lowest BCUT2D eigenvalue weighted by molar-refractivity contribution is -0.147. The first kappa shape index (κ1) is 91.6. The van der Waals surface area contributed by atoms with E-state index in [-0.39, 0.29) is 86.8 Å². The SMILES string of the molecule is c1ccc(-c2nnc(C34CC5(c6ccccc6)CC(c6ccccc6)(CC(c6ccccc6)(C5)C3)C4)o2)cc1.c1ccc(-c2nnc(C34CC5(c6ccccc6)CC(c6ccccc6)(CC(c6ccccc6)(C5)C3)C4)s2)cc1.c1ccc(C23CC4(c5ccccc5)CC(c5ccccc5)(C2)CC(c2ccccn2)(C3)C4)cc1.c1ccc(OC23CC4(c5ccccc5)CC(c5ccccc5)(C2)CC(c2ccccc2)(C3)C4)cc1. The summed E-state index contributed by atoms with van der Waals surface area (Å²) in [5.41, 5.74) is 22.1. The van der Waals surface area contributed by atoms with Crippen LogP contribution in [0.2, 0.25) is 0 Å². The van der Waals surface area contributed by atoms with Crippen LogP contribution in [0.5, 0.6) is 5.75 Å². The van der Waals surface area contributed by atoms with E-state index in [9.17, 15) is 0 Å². The first-order valence-corrected chi connectivity index (χ1v) is 55.0. The van der Waals surface area contributed by atoms with Crippen LogP contribution in [0, 0.1) is 0 Å². The summed E-state index contributed by atoms with van der Waals surface area (Å²) in [5.74, 6) is 2.45. The Balaban J connectivity index is 0.0000000971. The van der Waals surface area contributed by atoms with E-state index in [0.717, 1.165) is 99.3 Å². The Kier molecular flexibility index (Phi) is 22.0. The van der Waals surface area contributed by atoms with Gasteiger partial charge in [-0.25, -0.2) is 0 Å². The summed E-state index contributed by atoms with van der Waals surface area (Å²) in [4.78, 5) is 5.04. The van der Waals surface area contributed by atoms with Gasteiger partial charge in [-0.1, -0.05) is 448 Å². The van der Waals surface area contributed by atoms with Gasteiger partial charge in [0.2, 0.25) is 11.8 Å². The van der Waals surface area contributed by atoms with Gasteiger partial charge in [-0.05, 0) is 306 Å². The van der Waals surface area contributed by atoms with Crippen LogP contribution in [0.3, 0.4) is 0 Å². The highest BCUT2D eigenvalue weighted by Crippen LogP contribution is 2.80. The monoisotopic (exact) mass is 1930 g/mol. The van der Waals surface area contributed by atoms with Gasteiger partial charge in [0.05, 0.1) is 5.41 Å². The normalized spacial score (nSPS) is 32.0. The molecule has 16 saturated carbocycles. The van der Waals surface area contributed by atoms with Crippen LogP contribution in [0.15, 0.2) is 484 Å². The van der Waals surface area contributed by atoms with Gasteiger partial charge in [-0.15, -0.1) is 20.4 Å². The maximum Gasteiger partial charge on any atom is 0.247 e. The smallest absolute Gasteiger partial charge is 0.247 e. The van der Waals surface area contributed by atoms with Gasteiger partial charge in [-0.2, -0.15) is 0 Å². The minimum Gasteiger partial charge on any atom is -0.487 e. The molecule has 3 aromatic heterocycles. The van der Waals surface area contributed by atoms with E-state index < -0.39 is 0 Å². The zero-order valence-corrected chi connectivity index (χ0v) is 84.9. The predicted molar refractivity (Wildman–Crippen MR) is 592 cm³/mol. The zero-order chi connectivity index (χ0) is 98.0. The Morgan fingerprint density at radius 1 is 0.184 bits per heavy atom. The highest BCUT2D eigenvalue weighted by atomic mass is 32.1. The summed E-state index contributed by atoms with van der Waals surface area (Å²) >= 11 is 1.83. The Morgan fingerprint density at radius 2 is 0.401 bits per heavy atom. The zero-order valence-electron chi connectivity index (χ0n) is 84.0. The number of hydrogen-bond acceptors (Lipinski definition) is 8. The molecule has 15 aromatic carbocycles. The van der Waals surface area contributed by atoms with Gasteiger partial charge >= 0.3 is 0 Å². The van der Waals surface area contributed by atoms with Crippen LogP contribution in [-0.2, 0) is 81.2 Å². The molecule has 18 aromatic rings. The van der Waals surface area contributed by atoms with Gasteiger partial charge in [0.25, 0.3) is 0 Å². The van der Waals surface area contributed by atoms with Crippen molar-refractivity contribution in [2.75, 3.05) is 0 Å². The van der Waals surface area contributed by atoms with Gasteiger partial charge in [-0.3, -0.25) is 4.98 Å². The summed E-state index contributed by atoms with van der Waals surface area (Å²) in [6, 6.07) is 175. The second-order valence-electron chi connectivity index (χ2n) is 48.2. The van der Waals surface area contributed by atoms with Gasteiger partial charge in [0, 0.05) is 50.1 Å². The summed E-state index contributed by atoms with van der Waals surface area (Å²) in [7, 11) is 0. The van der Waals surface area contributed by atoms with Crippen molar-refractivity contribution in [1.29, 1.82) is 0 Å². The quantitative estimate of drug-likeness (QED) is 0.0797. The second-order valence-corrected chi connectivity index (χ2v) is 49.2. The number of pyridine rings is 1. The molecule has 3 heterocycles. The van der Waals surface area contributed by atoms with Crippen LogP contribution in [0.1, 0.15) is 237 Å². The molecule has 8 heteroatoms. The van der Waals surface area contributed by atoms with Crippen molar-refractivity contribution in [3.63, 3.8) is 0 Å². The van der Waals surface area contributed by atoms with Crippen molar-refractivity contribution < 1.29 is 9.15 Å². The Morgan fingerprint density at radius 3 is 0.660 bits per heavy atom. The fourth-order valence-corrected chi connectivity index (χ4v) is 37.2. The van der Waals surface area contributed by atoms with E-state index in [4.69, 9.17) is 29.4 Å². The summed E-state index contributed by atoms with van der Waals surface area (Å²) < 4.78 is 13.8. The fraction of sp³-hybridized carbons (Fsp3) is 0.288. The van der Waals surface area contributed by atoms with Crippen molar-refractivity contribution in [2.45, 2.75) is 241 Å². The predicted octanol–water partition coefficient (Wildman–Crippen LogP) is 32.3. The Hall–Kier alpha value is -14.1. The molecule has 0 atom stereocenters. The standard InChI is InChI=1S/C36H32N2O.C36H32N2S.C34H32O.C33H31N/c2*1-5-13-27(14-6-1)31-37-38-32(39-31)36-24-33(28-15-7-2-8-16-28)21-34(25-36,29-17-9-3-10-18-29)23-35(22-33,26-36)30-19-11-4-12-20-30;1-5-13-27(14-6-1)31-21-32(28-15-7-2-8-16-28)23-33(22-31,29-17-9-3-10-18-29)26-34(24-31,25-32)35-30-19-11-4-12-20-30;1-4-12-26(13-5-1)30-20-31(27-14-6-2-7-15-27)22-32(21-30,28-16-8-3-9-17-28)25-33(23-30,24-31)29-18-10-11-19-34-29/h2*1-20H,21-26H2;1-20H,21-26H2;1-19H,20-25H2. The number of hydrogen-bond donors (Lipinski definition) is 0. The molecule has 0 N–H and O–H groups in total. The minimum atomic E-state index is -0.198. The van der Waals surface area contributed by atoms with E-state index in [1.54, 1.807) is 0 Å². The molecule has 726 valence electrons. The van der Waals surface area contributed by atoms with E-state index in [1.807, 2.05) is 35.7 Å². The van der Waals surface area contributed by atoms with E-state index in [1.165, 1.54) is 160 Å². The molecule has 16 fully saturated rings.